The molecule has 59 heavy (non-hydrogen) atoms. The first kappa shape index (κ1) is 33.8. The number of ether oxygens (including phenoxy) is 1. The van der Waals surface area contributed by atoms with Crippen molar-refractivity contribution >= 4 is 45.0 Å². The smallest absolute Gasteiger partial charge is 0.171 e. The fraction of sp³-hybridized carbons (Fsp3) is 0.0189. The minimum absolute atomic E-state index is 0.709. The van der Waals surface area contributed by atoms with E-state index >= 15 is 4.57 Å². The summed E-state index contributed by atoms with van der Waals surface area (Å²) in [4.78, 5) is 9.64. The van der Waals surface area contributed by atoms with Gasteiger partial charge in [-0.2, -0.15) is 0 Å². The zero-order valence-electron chi connectivity index (χ0n) is 31.6. The molecule has 6 heteroatoms. The van der Waals surface area contributed by atoms with Crippen molar-refractivity contribution in [2.24, 2.45) is 0 Å². The van der Waals surface area contributed by atoms with Crippen molar-refractivity contribution in [2.75, 3.05) is 0 Å². The van der Waals surface area contributed by atoms with Crippen LogP contribution in [-0.4, -0.2) is 9.97 Å². The first-order valence-electron chi connectivity index (χ1n) is 19.7. The molecule has 10 aromatic rings. The van der Waals surface area contributed by atoms with E-state index in [0.29, 0.717) is 11.3 Å². The van der Waals surface area contributed by atoms with Crippen molar-refractivity contribution in [1.29, 1.82) is 0 Å². The Morgan fingerprint density at radius 3 is 1.98 bits per heavy atom. The number of pyridine rings is 2. The average Bonchev–Trinajstić information content (AvgIpc) is 3.68. The second-order valence-corrected chi connectivity index (χ2v) is 17.9. The average molecular weight is 777 g/mol. The number of hydrogen-bond acceptors (Lipinski definition) is 5. The van der Waals surface area contributed by atoms with Gasteiger partial charge in [0.2, 0.25) is 0 Å². The zero-order valence-corrected chi connectivity index (χ0v) is 32.5. The van der Waals surface area contributed by atoms with E-state index < -0.39 is 12.6 Å². The van der Waals surface area contributed by atoms with Gasteiger partial charge in [-0.05, 0) is 76.9 Å². The number of fused-ring (bicyclic) bond motifs is 11. The normalized spacial score (nSPS) is 17.5. The van der Waals surface area contributed by atoms with E-state index in [4.69, 9.17) is 14.1 Å². The summed E-state index contributed by atoms with van der Waals surface area (Å²) >= 11 is 0. The number of aromatic nitrogens is 2. The van der Waals surface area contributed by atoms with Crippen LogP contribution in [0.25, 0.3) is 55.6 Å². The van der Waals surface area contributed by atoms with E-state index in [9.17, 15) is 0 Å². The topological polar surface area (TPSA) is 65.2 Å². The number of para-hydroxylation sites is 2. The van der Waals surface area contributed by atoms with E-state index in [1.165, 1.54) is 0 Å². The van der Waals surface area contributed by atoms with E-state index in [1.807, 2.05) is 91.1 Å². The van der Waals surface area contributed by atoms with Gasteiger partial charge in [0.15, 0.2) is 7.14 Å². The van der Waals surface area contributed by atoms with Gasteiger partial charge in [-0.25, -0.2) is 4.98 Å². The molecule has 0 bridgehead atoms. The highest BCUT2D eigenvalue weighted by Gasteiger charge is 2.55. The summed E-state index contributed by atoms with van der Waals surface area (Å²) in [5.41, 5.74) is 10.1. The summed E-state index contributed by atoms with van der Waals surface area (Å²) in [6, 6.07) is 64.0. The summed E-state index contributed by atoms with van der Waals surface area (Å²) in [7, 11) is -3.45. The Hall–Kier alpha value is -7.33. The molecule has 2 aliphatic heterocycles. The summed E-state index contributed by atoms with van der Waals surface area (Å²) in [5, 5.41) is 4.34. The van der Waals surface area contributed by atoms with Crippen LogP contribution in [-0.2, 0) is 9.98 Å². The number of nitrogens with zero attached hydrogens (tertiary/aromatic N) is 2. The molecule has 278 valence electrons. The number of furan rings is 1. The molecular formula is C53H33N2O3P. The maximum absolute atomic E-state index is 16.4. The van der Waals surface area contributed by atoms with E-state index in [-0.39, 0.29) is 0 Å². The summed E-state index contributed by atoms with van der Waals surface area (Å²) in [6.45, 7) is 0. The molecule has 3 aromatic heterocycles. The molecule has 0 saturated carbocycles. The van der Waals surface area contributed by atoms with Crippen molar-refractivity contribution in [3.05, 3.63) is 223 Å². The SMILES string of the molecule is O=P1(c2ccccc2)c2ccccc2C2(c3ccccc3Oc3cc(-c4cc(-c5ccccc5)cc(-c5cccnc5)n4)ccc32)c2cc3c(cc21)oc1ccccc13. The van der Waals surface area contributed by atoms with Crippen LogP contribution in [0.3, 0.4) is 0 Å². The van der Waals surface area contributed by atoms with Crippen LogP contribution in [0, 0.1) is 0 Å². The van der Waals surface area contributed by atoms with Gasteiger partial charge in [-0.15, -0.1) is 0 Å². The maximum atomic E-state index is 16.4. The lowest BCUT2D eigenvalue weighted by atomic mass is 9.63. The molecule has 2 unspecified atom stereocenters. The summed E-state index contributed by atoms with van der Waals surface area (Å²) < 4.78 is 30.0. The van der Waals surface area contributed by atoms with Crippen molar-refractivity contribution in [2.45, 2.75) is 5.41 Å². The number of benzene rings is 7. The first-order valence-corrected chi connectivity index (χ1v) is 21.4. The Kier molecular flexibility index (Phi) is 7.35. The lowest BCUT2D eigenvalue weighted by molar-refractivity contribution is 0.435. The van der Waals surface area contributed by atoms with Crippen LogP contribution >= 0.6 is 7.14 Å². The molecule has 0 aliphatic carbocycles. The van der Waals surface area contributed by atoms with Gasteiger partial charge in [0.1, 0.15) is 22.7 Å². The van der Waals surface area contributed by atoms with E-state index in [1.54, 1.807) is 6.20 Å². The monoisotopic (exact) mass is 776 g/mol. The van der Waals surface area contributed by atoms with Gasteiger partial charge in [0.25, 0.3) is 0 Å². The van der Waals surface area contributed by atoms with Crippen molar-refractivity contribution in [3.63, 3.8) is 0 Å². The Balaban J connectivity index is 1.17. The first-order chi connectivity index (χ1) is 29.1. The third-order valence-corrected chi connectivity index (χ3v) is 15.2. The van der Waals surface area contributed by atoms with Gasteiger partial charge in [0.05, 0.1) is 16.8 Å². The van der Waals surface area contributed by atoms with Crippen LogP contribution in [0.1, 0.15) is 22.3 Å². The van der Waals surface area contributed by atoms with Gasteiger partial charge < -0.3 is 13.7 Å². The molecular weight excluding hydrogens is 744 g/mol. The summed E-state index contributed by atoms with van der Waals surface area (Å²) in [5.74, 6) is 1.46. The van der Waals surface area contributed by atoms with E-state index in [2.05, 4.69) is 108 Å². The molecule has 5 nitrogen and oxygen atoms in total. The third-order valence-electron chi connectivity index (χ3n) is 12.1. The predicted octanol–water partition coefficient (Wildman–Crippen LogP) is 11.8. The molecule has 5 heterocycles. The van der Waals surface area contributed by atoms with Crippen LogP contribution in [0.5, 0.6) is 11.5 Å². The Morgan fingerprint density at radius 2 is 1.15 bits per heavy atom. The zero-order chi connectivity index (χ0) is 39.1. The fourth-order valence-corrected chi connectivity index (χ4v) is 12.7. The van der Waals surface area contributed by atoms with Crippen LogP contribution in [0.2, 0.25) is 0 Å². The Morgan fingerprint density at radius 1 is 0.458 bits per heavy atom. The van der Waals surface area contributed by atoms with E-state index in [0.717, 1.165) is 93.9 Å². The molecule has 0 N–H and O–H groups in total. The van der Waals surface area contributed by atoms with Gasteiger partial charge in [-0.3, -0.25) is 4.98 Å². The third kappa shape index (κ3) is 4.89. The predicted molar refractivity (Wildman–Crippen MR) is 237 cm³/mol. The minimum atomic E-state index is -3.45. The molecule has 0 radical (unpaired) electrons. The summed E-state index contributed by atoms with van der Waals surface area (Å²) in [6.07, 6.45) is 3.63. The highest BCUT2D eigenvalue weighted by atomic mass is 31.2. The molecule has 7 aromatic carbocycles. The molecule has 0 saturated heterocycles. The highest BCUT2D eigenvalue weighted by molar-refractivity contribution is 7.85. The highest BCUT2D eigenvalue weighted by Crippen LogP contribution is 2.62. The van der Waals surface area contributed by atoms with Crippen molar-refractivity contribution in [3.8, 4) is 45.1 Å². The fourth-order valence-electron chi connectivity index (χ4n) is 9.50. The molecule has 2 aliphatic rings. The largest absolute Gasteiger partial charge is 0.457 e. The Labute approximate surface area is 340 Å². The standard InChI is InChI=1S/C53H33N2O3P/c56-59(38-17-5-2-6-18-38)51-24-12-9-21-43(51)53(44-31-40-39-19-7-10-22-47(39)57-49(40)32-52(44)59)41-20-8-11-23-48(41)58-50-30-35(25-26-42(50)53)45-28-37(34-14-3-1-4-15-34)29-46(55-45)36-16-13-27-54-33-36/h1-33H. The van der Waals surface area contributed by atoms with Crippen LogP contribution in [0.15, 0.2) is 205 Å². The molecule has 2 atom stereocenters. The van der Waals surface area contributed by atoms with Crippen LogP contribution < -0.4 is 20.7 Å². The molecule has 1 spiro atoms. The van der Waals surface area contributed by atoms with Gasteiger partial charge in [-0.1, -0.05) is 133 Å². The van der Waals surface area contributed by atoms with Crippen LogP contribution in [0.4, 0.5) is 0 Å². The Bertz CT molecular complexity index is 3290. The minimum Gasteiger partial charge on any atom is -0.457 e. The lowest BCUT2D eigenvalue weighted by Crippen LogP contribution is -2.47. The molecule has 0 fully saturated rings. The lowest BCUT2D eigenvalue weighted by Gasteiger charge is -2.47. The van der Waals surface area contributed by atoms with Crippen molar-refractivity contribution < 1.29 is 13.7 Å². The quantitative estimate of drug-likeness (QED) is 0.167. The maximum Gasteiger partial charge on any atom is 0.171 e. The van der Waals surface area contributed by atoms with Gasteiger partial charge >= 0.3 is 0 Å². The van der Waals surface area contributed by atoms with Gasteiger partial charge in [0, 0.05) is 61.3 Å². The second kappa shape index (κ2) is 12.8. The number of hydrogen-bond donors (Lipinski definition) is 0. The molecule has 12 rings (SSSR count). The molecule has 0 amide bonds. The second-order valence-electron chi connectivity index (χ2n) is 15.2. The number of rotatable bonds is 4. The van der Waals surface area contributed by atoms with Crippen molar-refractivity contribution in [1.82, 2.24) is 9.97 Å².